The van der Waals surface area contributed by atoms with Gasteiger partial charge in [-0.05, 0) is 49.5 Å². The van der Waals surface area contributed by atoms with Crippen LogP contribution >= 0.6 is 0 Å². The Morgan fingerprint density at radius 3 is 2.67 bits per heavy atom. The number of Topliss-reactive ketones (excluding diaryl/α,β-unsaturated/α-hetero) is 1. The van der Waals surface area contributed by atoms with Crippen molar-refractivity contribution in [2.45, 2.75) is 38.5 Å². The molecule has 0 amide bonds. The van der Waals surface area contributed by atoms with Gasteiger partial charge in [0, 0.05) is 0 Å². The first-order valence-electron chi connectivity index (χ1n) is 6.37. The Hall–Kier alpha value is -1.51. The molecule has 0 saturated heterocycles. The normalized spacial score (nSPS) is 19.6. The molecule has 0 heterocycles. The first kappa shape index (κ1) is 12.9. The van der Waals surface area contributed by atoms with E-state index in [0.717, 1.165) is 43.9 Å². The van der Waals surface area contributed by atoms with Crippen molar-refractivity contribution in [3.63, 3.8) is 0 Å². The van der Waals surface area contributed by atoms with Gasteiger partial charge in [-0.25, -0.2) is 8.78 Å². The summed E-state index contributed by atoms with van der Waals surface area (Å²) >= 11 is 0. The maximum absolute atomic E-state index is 13.5. The minimum Gasteiger partial charge on any atom is -0.289 e. The lowest BCUT2D eigenvalue weighted by atomic mass is 9.94. The van der Waals surface area contributed by atoms with Crippen molar-refractivity contribution in [3.05, 3.63) is 47.0 Å². The van der Waals surface area contributed by atoms with E-state index in [1.54, 1.807) is 0 Å². The van der Waals surface area contributed by atoms with Gasteiger partial charge in [-0.3, -0.25) is 4.79 Å². The molecule has 0 aromatic heterocycles. The highest BCUT2D eigenvalue weighted by Gasteiger charge is 2.17. The van der Waals surface area contributed by atoms with Gasteiger partial charge < -0.3 is 0 Å². The second kappa shape index (κ2) is 5.89. The number of carbonyl (C=O) groups excluding carboxylic acids is 1. The summed E-state index contributed by atoms with van der Waals surface area (Å²) in [5, 5.41) is 0. The van der Waals surface area contributed by atoms with E-state index >= 15 is 0 Å². The molecule has 0 unspecified atom stereocenters. The summed E-state index contributed by atoms with van der Waals surface area (Å²) in [4.78, 5) is 12.2. The van der Waals surface area contributed by atoms with Crippen LogP contribution in [-0.2, 0) is 0 Å². The van der Waals surface area contributed by atoms with Crippen LogP contribution in [0.5, 0.6) is 0 Å². The zero-order valence-electron chi connectivity index (χ0n) is 10.2. The molecule has 1 aromatic rings. The lowest BCUT2D eigenvalue weighted by Gasteiger charge is -2.11. The zero-order valence-corrected chi connectivity index (χ0v) is 10.2. The maximum Gasteiger partial charge on any atom is 0.191 e. The summed E-state index contributed by atoms with van der Waals surface area (Å²) < 4.78 is 26.6. The highest BCUT2D eigenvalue weighted by molar-refractivity contribution is 6.08. The molecule has 0 fully saturated rings. The molecule has 0 bridgehead atoms. The van der Waals surface area contributed by atoms with E-state index in [-0.39, 0.29) is 11.3 Å². The van der Waals surface area contributed by atoms with Gasteiger partial charge in [0.1, 0.15) is 11.6 Å². The first-order valence-corrected chi connectivity index (χ1v) is 6.37. The minimum absolute atomic E-state index is 0.151. The molecule has 0 saturated carbocycles. The third kappa shape index (κ3) is 3.03. The lowest BCUT2D eigenvalue weighted by molar-refractivity contribution is 0.102. The summed E-state index contributed by atoms with van der Waals surface area (Å²) in [7, 11) is 0. The standard InChI is InChI=1S/C15H16F2O/c16-12-8-9-14(17)13(10-12)15(18)11-6-4-2-1-3-5-7-11/h6,8-10H,1-5,7H2/b11-6+. The van der Waals surface area contributed by atoms with E-state index in [0.29, 0.717) is 12.0 Å². The van der Waals surface area contributed by atoms with Crippen molar-refractivity contribution in [1.82, 2.24) is 0 Å². The average Bonchev–Trinajstić information content (AvgIpc) is 2.31. The number of allylic oxidation sites excluding steroid dienone is 2. The molecule has 96 valence electrons. The molecule has 18 heavy (non-hydrogen) atoms. The molecule has 0 atom stereocenters. The molecule has 1 nitrogen and oxygen atoms in total. The minimum atomic E-state index is -0.649. The van der Waals surface area contributed by atoms with Gasteiger partial charge in [-0.1, -0.05) is 18.9 Å². The number of benzene rings is 1. The molecule has 1 aliphatic rings. The highest BCUT2D eigenvalue weighted by Crippen LogP contribution is 2.22. The molecular weight excluding hydrogens is 234 g/mol. The number of ketones is 1. The van der Waals surface area contributed by atoms with Crippen LogP contribution in [0.25, 0.3) is 0 Å². The topological polar surface area (TPSA) is 17.1 Å². The third-order valence-electron chi connectivity index (χ3n) is 3.26. The number of rotatable bonds is 2. The Morgan fingerprint density at radius 2 is 1.83 bits per heavy atom. The molecule has 0 N–H and O–H groups in total. The fourth-order valence-electron chi connectivity index (χ4n) is 2.24. The number of halogens is 2. The van der Waals surface area contributed by atoms with Crippen LogP contribution in [-0.4, -0.2) is 5.78 Å². The number of hydrogen-bond acceptors (Lipinski definition) is 1. The van der Waals surface area contributed by atoms with E-state index in [9.17, 15) is 13.6 Å². The van der Waals surface area contributed by atoms with E-state index in [2.05, 4.69) is 0 Å². The van der Waals surface area contributed by atoms with Gasteiger partial charge in [0.15, 0.2) is 5.78 Å². The van der Waals surface area contributed by atoms with Crippen molar-refractivity contribution in [1.29, 1.82) is 0 Å². The lowest BCUT2D eigenvalue weighted by Crippen LogP contribution is -2.08. The average molecular weight is 250 g/mol. The Bertz CT molecular complexity index is 477. The Morgan fingerprint density at radius 1 is 1.06 bits per heavy atom. The summed E-state index contributed by atoms with van der Waals surface area (Å²) in [6, 6.07) is 3.02. The molecule has 1 aromatic carbocycles. The quantitative estimate of drug-likeness (QED) is 0.710. The number of hydrogen-bond donors (Lipinski definition) is 0. The van der Waals surface area contributed by atoms with E-state index in [1.165, 1.54) is 6.42 Å². The molecule has 2 rings (SSSR count). The Kier molecular flexibility index (Phi) is 4.24. The van der Waals surface area contributed by atoms with E-state index in [1.807, 2.05) is 6.08 Å². The van der Waals surface area contributed by atoms with Crippen LogP contribution < -0.4 is 0 Å². The molecule has 3 heteroatoms. The molecule has 0 aliphatic heterocycles. The molecular formula is C15H16F2O. The molecule has 0 radical (unpaired) electrons. The van der Waals surface area contributed by atoms with Crippen molar-refractivity contribution in [2.24, 2.45) is 0 Å². The fourth-order valence-corrected chi connectivity index (χ4v) is 2.24. The number of carbonyl (C=O) groups is 1. The summed E-state index contributed by atoms with van der Waals surface area (Å²) in [6.07, 6.45) is 7.65. The highest BCUT2D eigenvalue weighted by atomic mass is 19.1. The van der Waals surface area contributed by atoms with Crippen molar-refractivity contribution >= 4 is 5.78 Å². The van der Waals surface area contributed by atoms with Crippen LogP contribution in [0.15, 0.2) is 29.8 Å². The van der Waals surface area contributed by atoms with Crippen molar-refractivity contribution < 1.29 is 13.6 Å². The predicted molar refractivity (Wildman–Crippen MR) is 66.5 cm³/mol. The Balaban J connectivity index is 2.26. The molecule has 0 spiro atoms. The largest absolute Gasteiger partial charge is 0.289 e. The Labute approximate surface area is 106 Å². The second-order valence-corrected chi connectivity index (χ2v) is 4.64. The van der Waals surface area contributed by atoms with Gasteiger partial charge in [0.2, 0.25) is 0 Å². The van der Waals surface area contributed by atoms with Crippen LogP contribution in [0.4, 0.5) is 8.78 Å². The van der Waals surface area contributed by atoms with E-state index in [4.69, 9.17) is 0 Å². The van der Waals surface area contributed by atoms with Crippen LogP contribution in [0.2, 0.25) is 0 Å². The van der Waals surface area contributed by atoms with Crippen molar-refractivity contribution in [2.75, 3.05) is 0 Å². The summed E-state index contributed by atoms with van der Waals surface area (Å²) in [5.74, 6) is -1.59. The van der Waals surface area contributed by atoms with Crippen molar-refractivity contribution in [3.8, 4) is 0 Å². The predicted octanol–water partition coefficient (Wildman–Crippen LogP) is 4.43. The second-order valence-electron chi connectivity index (χ2n) is 4.64. The zero-order chi connectivity index (χ0) is 13.0. The SMILES string of the molecule is O=C(/C1=C/CCCCCC1)c1cc(F)ccc1F. The monoisotopic (exact) mass is 250 g/mol. The third-order valence-corrected chi connectivity index (χ3v) is 3.26. The molecule has 1 aliphatic carbocycles. The summed E-state index contributed by atoms with van der Waals surface area (Å²) in [5.41, 5.74) is 0.473. The van der Waals surface area contributed by atoms with E-state index < -0.39 is 11.6 Å². The smallest absolute Gasteiger partial charge is 0.191 e. The summed E-state index contributed by atoms with van der Waals surface area (Å²) in [6.45, 7) is 0. The van der Waals surface area contributed by atoms with Gasteiger partial charge in [0.05, 0.1) is 5.56 Å². The van der Waals surface area contributed by atoms with Gasteiger partial charge in [0.25, 0.3) is 0 Å². The van der Waals surface area contributed by atoms with Crippen LogP contribution in [0.1, 0.15) is 48.9 Å². The van der Waals surface area contributed by atoms with Gasteiger partial charge >= 0.3 is 0 Å². The first-order chi connectivity index (χ1) is 8.68. The fraction of sp³-hybridized carbons (Fsp3) is 0.400. The van der Waals surface area contributed by atoms with Gasteiger partial charge in [-0.2, -0.15) is 0 Å². The van der Waals surface area contributed by atoms with Crippen LogP contribution in [0, 0.1) is 11.6 Å². The van der Waals surface area contributed by atoms with Crippen LogP contribution in [0.3, 0.4) is 0 Å². The van der Waals surface area contributed by atoms with Gasteiger partial charge in [-0.15, -0.1) is 0 Å². The maximum atomic E-state index is 13.5.